The highest BCUT2D eigenvalue weighted by atomic mass is 32.2. The Morgan fingerprint density at radius 2 is 1.95 bits per heavy atom. The number of nitrogens with one attached hydrogen (secondary N) is 1. The predicted octanol–water partition coefficient (Wildman–Crippen LogP) is 1.20. The zero-order valence-electron chi connectivity index (χ0n) is 11.7. The maximum Gasteiger partial charge on any atom is 0.304 e. The van der Waals surface area contributed by atoms with Crippen LogP contribution in [0.2, 0.25) is 0 Å². The lowest BCUT2D eigenvalue weighted by Crippen LogP contribution is -2.43. The van der Waals surface area contributed by atoms with Gasteiger partial charge in [-0.1, -0.05) is 19.8 Å². The van der Waals surface area contributed by atoms with Crippen molar-refractivity contribution in [1.29, 1.82) is 0 Å². The van der Waals surface area contributed by atoms with Crippen LogP contribution in [0.1, 0.15) is 45.4 Å². The highest BCUT2D eigenvalue weighted by molar-refractivity contribution is 7.87. The van der Waals surface area contributed by atoms with Crippen molar-refractivity contribution in [3.05, 3.63) is 0 Å². The molecule has 2 N–H and O–H groups in total. The normalized spacial score (nSPS) is 18.9. The lowest BCUT2D eigenvalue weighted by atomic mass is 9.84. The van der Waals surface area contributed by atoms with E-state index in [1.807, 2.05) is 0 Å². The molecule has 0 saturated heterocycles. The average Bonchev–Trinajstić information content (AvgIpc) is 2.83. The van der Waals surface area contributed by atoms with E-state index in [0.717, 1.165) is 36.4 Å². The van der Waals surface area contributed by atoms with Crippen LogP contribution in [-0.4, -0.2) is 43.9 Å². The Balaban J connectivity index is 2.52. The molecule has 0 heterocycles. The van der Waals surface area contributed by atoms with Gasteiger partial charge in [0.25, 0.3) is 10.2 Å². The summed E-state index contributed by atoms with van der Waals surface area (Å²) in [5.74, 6) is -0.997. The van der Waals surface area contributed by atoms with Crippen molar-refractivity contribution < 1.29 is 18.3 Å². The van der Waals surface area contributed by atoms with Crippen LogP contribution in [0.3, 0.4) is 0 Å². The molecular formula is C12H24N2O4S. The number of carbonyl (C=O) groups is 1. The molecule has 1 aliphatic carbocycles. The smallest absolute Gasteiger partial charge is 0.304 e. The van der Waals surface area contributed by atoms with E-state index >= 15 is 0 Å². The summed E-state index contributed by atoms with van der Waals surface area (Å²) in [4.78, 5) is 10.5. The standard InChI is InChI=1S/C12H24N2O4S/c1-3-12(7-4-5-8-12)10-13-19(17,18)14(2)9-6-11(15)16/h13H,3-10H2,1-2H3,(H,15,16). The predicted molar refractivity (Wildman–Crippen MR) is 73.0 cm³/mol. The number of hydrogen-bond acceptors (Lipinski definition) is 3. The quantitative estimate of drug-likeness (QED) is 0.703. The minimum Gasteiger partial charge on any atom is -0.481 e. The van der Waals surface area contributed by atoms with E-state index in [-0.39, 0.29) is 18.4 Å². The molecule has 0 aromatic carbocycles. The number of nitrogens with zero attached hydrogens (tertiary/aromatic N) is 1. The zero-order chi connectivity index (χ0) is 14.5. The Bertz CT molecular complexity index is 402. The fourth-order valence-electron chi connectivity index (χ4n) is 2.51. The third kappa shape index (κ3) is 4.74. The van der Waals surface area contributed by atoms with Gasteiger partial charge in [-0.25, -0.2) is 4.72 Å². The summed E-state index contributed by atoms with van der Waals surface area (Å²) in [5.41, 5.74) is 0.0840. The summed E-state index contributed by atoms with van der Waals surface area (Å²) in [6.45, 7) is 2.53. The van der Waals surface area contributed by atoms with Crippen LogP contribution in [0.15, 0.2) is 0 Å². The minimum absolute atomic E-state index is 0.0101. The van der Waals surface area contributed by atoms with Crippen LogP contribution in [0.25, 0.3) is 0 Å². The van der Waals surface area contributed by atoms with E-state index in [0.29, 0.717) is 6.54 Å². The van der Waals surface area contributed by atoms with Crippen molar-refractivity contribution in [3.63, 3.8) is 0 Å². The summed E-state index contributed by atoms with van der Waals surface area (Å²) in [6.07, 6.45) is 5.22. The molecule has 1 aliphatic rings. The second-order valence-electron chi connectivity index (χ2n) is 5.35. The molecular weight excluding hydrogens is 268 g/mol. The summed E-state index contributed by atoms with van der Waals surface area (Å²) in [5, 5.41) is 8.57. The monoisotopic (exact) mass is 292 g/mol. The van der Waals surface area contributed by atoms with Gasteiger partial charge >= 0.3 is 5.97 Å². The Labute approximate surface area is 115 Å². The number of carboxylic acid groups (broad SMARTS) is 1. The highest BCUT2D eigenvalue weighted by Crippen LogP contribution is 2.40. The van der Waals surface area contributed by atoms with E-state index in [9.17, 15) is 13.2 Å². The van der Waals surface area contributed by atoms with Crippen LogP contribution >= 0.6 is 0 Å². The molecule has 0 radical (unpaired) electrons. The summed E-state index contributed by atoms with van der Waals surface area (Å²) in [7, 11) is -2.17. The van der Waals surface area contributed by atoms with E-state index in [4.69, 9.17) is 5.11 Å². The summed E-state index contributed by atoms with van der Waals surface area (Å²) < 4.78 is 27.6. The van der Waals surface area contributed by atoms with E-state index in [1.54, 1.807) is 0 Å². The number of hydrogen-bond donors (Lipinski definition) is 2. The van der Waals surface area contributed by atoms with Gasteiger partial charge in [0.15, 0.2) is 0 Å². The maximum absolute atomic E-state index is 12.0. The third-order valence-electron chi connectivity index (χ3n) is 4.09. The molecule has 19 heavy (non-hydrogen) atoms. The first-order valence-electron chi connectivity index (χ1n) is 6.74. The molecule has 112 valence electrons. The van der Waals surface area contributed by atoms with Crippen LogP contribution in [-0.2, 0) is 15.0 Å². The van der Waals surface area contributed by atoms with Crippen LogP contribution < -0.4 is 4.72 Å². The molecule has 1 fully saturated rings. The molecule has 0 bridgehead atoms. The Hall–Kier alpha value is -0.660. The molecule has 1 rings (SSSR count). The number of rotatable bonds is 8. The fraction of sp³-hybridized carbons (Fsp3) is 0.917. The molecule has 0 spiro atoms. The lowest BCUT2D eigenvalue weighted by molar-refractivity contribution is -0.137. The molecule has 0 atom stereocenters. The maximum atomic E-state index is 12.0. The van der Waals surface area contributed by atoms with E-state index < -0.39 is 16.2 Å². The van der Waals surface area contributed by atoms with Crippen molar-refractivity contribution in [2.75, 3.05) is 20.1 Å². The van der Waals surface area contributed by atoms with Gasteiger partial charge < -0.3 is 5.11 Å². The second kappa shape index (κ2) is 6.67. The summed E-state index contributed by atoms with van der Waals surface area (Å²) >= 11 is 0. The van der Waals surface area contributed by atoms with Crippen molar-refractivity contribution in [2.45, 2.75) is 45.4 Å². The summed E-state index contributed by atoms with van der Waals surface area (Å²) in [6, 6.07) is 0. The van der Waals surface area contributed by atoms with Gasteiger partial charge in [-0.3, -0.25) is 4.79 Å². The molecule has 0 aromatic rings. The Morgan fingerprint density at radius 3 is 2.42 bits per heavy atom. The van der Waals surface area contributed by atoms with Crippen LogP contribution in [0.5, 0.6) is 0 Å². The molecule has 0 amide bonds. The minimum atomic E-state index is -3.57. The topological polar surface area (TPSA) is 86.7 Å². The van der Waals surface area contributed by atoms with E-state index in [1.165, 1.54) is 7.05 Å². The van der Waals surface area contributed by atoms with Gasteiger partial charge in [0.1, 0.15) is 0 Å². The first kappa shape index (κ1) is 16.4. The van der Waals surface area contributed by atoms with Gasteiger partial charge in [-0.15, -0.1) is 0 Å². The molecule has 0 aromatic heterocycles. The lowest BCUT2D eigenvalue weighted by Gasteiger charge is -2.28. The largest absolute Gasteiger partial charge is 0.481 e. The van der Waals surface area contributed by atoms with Crippen LogP contribution in [0, 0.1) is 5.41 Å². The highest BCUT2D eigenvalue weighted by Gasteiger charge is 2.33. The van der Waals surface area contributed by atoms with Gasteiger partial charge in [0.2, 0.25) is 0 Å². The van der Waals surface area contributed by atoms with Crippen molar-refractivity contribution in [3.8, 4) is 0 Å². The fourth-order valence-corrected chi connectivity index (χ4v) is 3.55. The van der Waals surface area contributed by atoms with Gasteiger partial charge in [-0.2, -0.15) is 12.7 Å². The average molecular weight is 292 g/mol. The first-order chi connectivity index (χ1) is 8.81. The first-order valence-corrected chi connectivity index (χ1v) is 8.18. The van der Waals surface area contributed by atoms with Crippen LogP contribution in [0.4, 0.5) is 0 Å². The van der Waals surface area contributed by atoms with Gasteiger partial charge in [0, 0.05) is 20.1 Å². The number of aliphatic carboxylic acids is 1. The SMILES string of the molecule is CCC1(CNS(=O)(=O)N(C)CCC(=O)O)CCCC1. The molecule has 7 heteroatoms. The van der Waals surface area contributed by atoms with Gasteiger partial charge in [0.05, 0.1) is 6.42 Å². The van der Waals surface area contributed by atoms with Crippen molar-refractivity contribution >= 4 is 16.2 Å². The Kier molecular flexibility index (Phi) is 5.76. The zero-order valence-corrected chi connectivity index (χ0v) is 12.5. The third-order valence-corrected chi connectivity index (χ3v) is 5.61. The van der Waals surface area contributed by atoms with Crippen molar-refractivity contribution in [1.82, 2.24) is 9.03 Å². The van der Waals surface area contributed by atoms with Crippen molar-refractivity contribution in [2.24, 2.45) is 5.41 Å². The molecule has 6 nitrogen and oxygen atoms in total. The Morgan fingerprint density at radius 1 is 1.37 bits per heavy atom. The van der Waals surface area contributed by atoms with Gasteiger partial charge in [-0.05, 0) is 24.7 Å². The second-order valence-corrected chi connectivity index (χ2v) is 7.21. The molecule has 1 saturated carbocycles. The molecule has 0 unspecified atom stereocenters. The molecule has 0 aliphatic heterocycles. The number of carboxylic acids is 1. The van der Waals surface area contributed by atoms with E-state index in [2.05, 4.69) is 11.6 Å².